The fourth-order valence-electron chi connectivity index (χ4n) is 3.45. The van der Waals surface area contributed by atoms with E-state index in [1.54, 1.807) is 36.1 Å². The SMILES string of the molecule is CC(C)c1ccc(N2CCC(C(=O)Nc3ccc(C(C)C(=O)O)cc3)C2=O)cc1. The van der Waals surface area contributed by atoms with E-state index in [-0.39, 0.29) is 11.8 Å². The van der Waals surface area contributed by atoms with Crippen molar-refractivity contribution in [2.75, 3.05) is 16.8 Å². The van der Waals surface area contributed by atoms with E-state index in [2.05, 4.69) is 19.2 Å². The maximum atomic E-state index is 12.8. The van der Waals surface area contributed by atoms with Gasteiger partial charge in [0.2, 0.25) is 11.8 Å². The van der Waals surface area contributed by atoms with E-state index in [0.29, 0.717) is 30.1 Å². The molecule has 152 valence electrons. The Labute approximate surface area is 170 Å². The van der Waals surface area contributed by atoms with E-state index >= 15 is 0 Å². The summed E-state index contributed by atoms with van der Waals surface area (Å²) in [5.74, 6) is -2.36. The number of hydrogen-bond donors (Lipinski definition) is 2. The fraction of sp³-hybridized carbons (Fsp3) is 0.348. The van der Waals surface area contributed by atoms with Gasteiger partial charge in [-0.2, -0.15) is 0 Å². The minimum Gasteiger partial charge on any atom is -0.481 e. The standard InChI is InChI=1S/C23H26N2O4/c1-14(2)16-6-10-19(11-7-16)25-13-12-20(22(25)27)21(26)24-18-8-4-17(5-9-18)15(3)23(28)29/h4-11,14-15,20H,12-13H2,1-3H3,(H,24,26)(H,28,29). The van der Waals surface area contributed by atoms with Crippen LogP contribution in [-0.4, -0.2) is 29.4 Å². The molecule has 1 heterocycles. The highest BCUT2D eigenvalue weighted by Crippen LogP contribution is 2.28. The number of carboxylic acids is 1. The summed E-state index contributed by atoms with van der Waals surface area (Å²) in [7, 11) is 0. The summed E-state index contributed by atoms with van der Waals surface area (Å²) in [4.78, 5) is 38.1. The Hall–Kier alpha value is -3.15. The molecule has 1 aliphatic rings. The molecule has 2 aromatic carbocycles. The zero-order valence-corrected chi connectivity index (χ0v) is 16.9. The number of carboxylic acid groups (broad SMARTS) is 1. The number of rotatable bonds is 6. The van der Waals surface area contributed by atoms with Crippen molar-refractivity contribution in [3.8, 4) is 0 Å². The topological polar surface area (TPSA) is 86.7 Å². The van der Waals surface area contributed by atoms with Crippen molar-refractivity contribution in [2.45, 2.75) is 39.0 Å². The number of nitrogens with zero attached hydrogens (tertiary/aromatic N) is 1. The van der Waals surface area contributed by atoms with Gasteiger partial charge in [0.15, 0.2) is 0 Å². The van der Waals surface area contributed by atoms with Crippen LogP contribution in [0.4, 0.5) is 11.4 Å². The van der Waals surface area contributed by atoms with Crippen LogP contribution in [-0.2, 0) is 14.4 Å². The molecule has 1 fully saturated rings. The van der Waals surface area contributed by atoms with Crippen molar-refractivity contribution in [1.29, 1.82) is 0 Å². The molecule has 0 aliphatic carbocycles. The van der Waals surface area contributed by atoms with Crippen LogP contribution < -0.4 is 10.2 Å². The van der Waals surface area contributed by atoms with Crippen LogP contribution in [0.5, 0.6) is 0 Å². The predicted molar refractivity (Wildman–Crippen MR) is 112 cm³/mol. The zero-order chi connectivity index (χ0) is 21.1. The van der Waals surface area contributed by atoms with Crippen LogP contribution in [0.25, 0.3) is 0 Å². The second-order valence-electron chi connectivity index (χ2n) is 7.75. The molecule has 6 nitrogen and oxygen atoms in total. The molecule has 0 aromatic heterocycles. The lowest BCUT2D eigenvalue weighted by atomic mass is 10.0. The second kappa shape index (κ2) is 8.47. The van der Waals surface area contributed by atoms with Crippen molar-refractivity contribution in [3.63, 3.8) is 0 Å². The van der Waals surface area contributed by atoms with Crippen molar-refractivity contribution >= 4 is 29.2 Å². The summed E-state index contributed by atoms with van der Waals surface area (Å²) in [6.07, 6.45) is 0.463. The highest BCUT2D eigenvalue weighted by molar-refractivity contribution is 6.13. The van der Waals surface area contributed by atoms with Gasteiger partial charge in [-0.1, -0.05) is 38.1 Å². The molecule has 2 atom stereocenters. The number of amides is 2. The minimum absolute atomic E-state index is 0.198. The second-order valence-corrected chi connectivity index (χ2v) is 7.75. The van der Waals surface area contributed by atoms with Gasteiger partial charge in [-0.25, -0.2) is 0 Å². The first-order chi connectivity index (χ1) is 13.8. The normalized spacial score (nSPS) is 17.4. The lowest BCUT2D eigenvalue weighted by molar-refractivity contribution is -0.138. The number of nitrogens with one attached hydrogen (secondary N) is 1. The van der Waals surface area contributed by atoms with Crippen LogP contribution in [0, 0.1) is 5.92 Å². The first-order valence-electron chi connectivity index (χ1n) is 9.83. The highest BCUT2D eigenvalue weighted by atomic mass is 16.4. The number of hydrogen-bond acceptors (Lipinski definition) is 3. The van der Waals surface area contributed by atoms with Gasteiger partial charge in [-0.3, -0.25) is 14.4 Å². The Bertz CT molecular complexity index is 903. The van der Waals surface area contributed by atoms with Crippen molar-refractivity contribution in [3.05, 3.63) is 59.7 Å². The molecule has 2 N–H and O–H groups in total. The van der Waals surface area contributed by atoms with Crippen LogP contribution in [0.2, 0.25) is 0 Å². The molecule has 2 unspecified atom stereocenters. The molecule has 0 spiro atoms. The van der Waals surface area contributed by atoms with Crippen LogP contribution in [0.1, 0.15) is 50.2 Å². The van der Waals surface area contributed by atoms with E-state index < -0.39 is 17.8 Å². The van der Waals surface area contributed by atoms with Gasteiger partial charge in [-0.15, -0.1) is 0 Å². The molecular formula is C23H26N2O4. The summed E-state index contributed by atoms with van der Waals surface area (Å²) < 4.78 is 0. The van der Waals surface area contributed by atoms with Gasteiger partial charge in [-0.05, 0) is 54.7 Å². The average molecular weight is 394 g/mol. The highest BCUT2D eigenvalue weighted by Gasteiger charge is 2.37. The Balaban J connectivity index is 1.65. The Morgan fingerprint density at radius 1 is 1.00 bits per heavy atom. The smallest absolute Gasteiger partial charge is 0.310 e. The molecule has 29 heavy (non-hydrogen) atoms. The lowest BCUT2D eigenvalue weighted by Gasteiger charge is -2.18. The molecule has 1 saturated heterocycles. The molecule has 0 radical (unpaired) electrons. The molecule has 0 saturated carbocycles. The first-order valence-corrected chi connectivity index (χ1v) is 9.83. The van der Waals surface area contributed by atoms with Gasteiger partial charge in [0.25, 0.3) is 0 Å². The molecule has 6 heteroatoms. The van der Waals surface area contributed by atoms with Crippen LogP contribution >= 0.6 is 0 Å². The van der Waals surface area contributed by atoms with E-state index in [1.165, 1.54) is 5.56 Å². The largest absolute Gasteiger partial charge is 0.481 e. The number of carbonyl (C=O) groups is 3. The zero-order valence-electron chi connectivity index (χ0n) is 16.9. The third-order valence-corrected chi connectivity index (χ3v) is 5.44. The van der Waals surface area contributed by atoms with Gasteiger partial charge in [0, 0.05) is 17.9 Å². The Morgan fingerprint density at radius 2 is 1.59 bits per heavy atom. The van der Waals surface area contributed by atoms with Crippen molar-refractivity contribution in [1.82, 2.24) is 0 Å². The van der Waals surface area contributed by atoms with Gasteiger partial charge < -0.3 is 15.3 Å². The maximum Gasteiger partial charge on any atom is 0.310 e. The van der Waals surface area contributed by atoms with E-state index in [4.69, 9.17) is 5.11 Å². The first kappa shape index (κ1) is 20.6. The monoisotopic (exact) mass is 394 g/mol. The van der Waals surface area contributed by atoms with Crippen molar-refractivity contribution in [2.24, 2.45) is 5.92 Å². The third kappa shape index (κ3) is 4.47. The van der Waals surface area contributed by atoms with Crippen LogP contribution in [0.15, 0.2) is 48.5 Å². The Kier molecular flexibility index (Phi) is 6.01. The van der Waals surface area contributed by atoms with E-state index in [0.717, 1.165) is 5.69 Å². The van der Waals surface area contributed by atoms with Gasteiger partial charge in [0.05, 0.1) is 5.92 Å². The number of carbonyl (C=O) groups excluding carboxylic acids is 2. The average Bonchev–Trinajstić information content (AvgIpc) is 3.09. The molecular weight excluding hydrogens is 368 g/mol. The fourth-order valence-corrected chi connectivity index (χ4v) is 3.45. The molecule has 3 rings (SSSR count). The number of aliphatic carboxylic acids is 1. The summed E-state index contributed by atoms with van der Waals surface area (Å²) in [6, 6.07) is 14.6. The quantitative estimate of drug-likeness (QED) is 0.726. The lowest BCUT2D eigenvalue weighted by Crippen LogP contribution is -2.33. The minimum atomic E-state index is -0.903. The predicted octanol–water partition coefficient (Wildman–Crippen LogP) is 3.99. The molecule has 1 aliphatic heterocycles. The number of benzene rings is 2. The van der Waals surface area contributed by atoms with Gasteiger partial charge in [0.1, 0.15) is 5.92 Å². The van der Waals surface area contributed by atoms with E-state index in [9.17, 15) is 14.4 Å². The summed E-state index contributed by atoms with van der Waals surface area (Å²) in [5, 5.41) is 11.8. The molecule has 0 bridgehead atoms. The maximum absolute atomic E-state index is 12.8. The Morgan fingerprint density at radius 3 is 2.14 bits per heavy atom. The molecule has 2 aromatic rings. The summed E-state index contributed by atoms with van der Waals surface area (Å²) >= 11 is 0. The summed E-state index contributed by atoms with van der Waals surface area (Å²) in [5.41, 5.74) is 3.21. The van der Waals surface area contributed by atoms with E-state index in [1.807, 2.05) is 24.3 Å². The van der Waals surface area contributed by atoms with Gasteiger partial charge >= 0.3 is 5.97 Å². The number of anilines is 2. The third-order valence-electron chi connectivity index (χ3n) is 5.44. The van der Waals surface area contributed by atoms with Crippen LogP contribution in [0.3, 0.4) is 0 Å². The summed E-state index contributed by atoms with van der Waals surface area (Å²) in [6.45, 7) is 6.35. The van der Waals surface area contributed by atoms with Crippen molar-refractivity contribution < 1.29 is 19.5 Å². The molecule has 2 amide bonds.